The Kier molecular flexibility index (Phi) is 3.89. The fourth-order valence-electron chi connectivity index (χ4n) is 2.25. The van der Waals surface area contributed by atoms with Crippen molar-refractivity contribution in [1.29, 1.82) is 0 Å². The molecule has 0 saturated heterocycles. The molecule has 0 saturated carbocycles. The lowest BCUT2D eigenvalue weighted by Crippen LogP contribution is -2.16. The first-order valence-electron chi connectivity index (χ1n) is 6.13. The van der Waals surface area contributed by atoms with Gasteiger partial charge in [-0.1, -0.05) is 28.9 Å². The molecule has 2 rings (SSSR count). The molecule has 92 valence electrons. The summed E-state index contributed by atoms with van der Waals surface area (Å²) in [4.78, 5) is 0. The third kappa shape index (κ3) is 2.55. The molecule has 1 aromatic heterocycles. The van der Waals surface area contributed by atoms with Crippen LogP contribution >= 0.6 is 15.9 Å². The first-order chi connectivity index (χ1) is 8.13. The standard InChI is InChI=1S/C14H19BrN2/c1-4-16-9-13-7-11-5-6-12(15)8-14(11)17(13)10(2)3/h5-8,10,16H,4,9H2,1-3H3. The maximum Gasteiger partial charge on any atom is 0.0496 e. The van der Waals surface area contributed by atoms with E-state index in [0.29, 0.717) is 6.04 Å². The van der Waals surface area contributed by atoms with Crippen LogP contribution in [-0.2, 0) is 6.54 Å². The Bertz CT molecular complexity index is 514. The van der Waals surface area contributed by atoms with Gasteiger partial charge in [-0.05, 0) is 44.0 Å². The van der Waals surface area contributed by atoms with E-state index in [1.165, 1.54) is 16.6 Å². The summed E-state index contributed by atoms with van der Waals surface area (Å²) in [6.07, 6.45) is 0. The van der Waals surface area contributed by atoms with Crippen LogP contribution in [-0.4, -0.2) is 11.1 Å². The second-order valence-electron chi connectivity index (χ2n) is 4.58. The number of nitrogens with one attached hydrogen (secondary N) is 1. The van der Waals surface area contributed by atoms with E-state index in [4.69, 9.17) is 0 Å². The number of nitrogens with zero attached hydrogens (tertiary/aromatic N) is 1. The highest BCUT2D eigenvalue weighted by molar-refractivity contribution is 9.10. The summed E-state index contributed by atoms with van der Waals surface area (Å²) in [6, 6.07) is 9.24. The number of hydrogen-bond acceptors (Lipinski definition) is 1. The summed E-state index contributed by atoms with van der Waals surface area (Å²) in [5.74, 6) is 0. The van der Waals surface area contributed by atoms with Gasteiger partial charge in [-0.2, -0.15) is 0 Å². The Morgan fingerprint density at radius 1 is 1.29 bits per heavy atom. The third-order valence-corrected chi connectivity index (χ3v) is 3.45. The third-order valence-electron chi connectivity index (χ3n) is 2.96. The maximum absolute atomic E-state index is 3.55. The Hall–Kier alpha value is -0.800. The SMILES string of the molecule is CCNCc1cc2ccc(Br)cc2n1C(C)C. The minimum absolute atomic E-state index is 0.482. The summed E-state index contributed by atoms with van der Waals surface area (Å²) < 4.78 is 3.54. The summed E-state index contributed by atoms with van der Waals surface area (Å²) in [6.45, 7) is 8.54. The van der Waals surface area contributed by atoms with Gasteiger partial charge in [0.15, 0.2) is 0 Å². The van der Waals surface area contributed by atoms with Gasteiger partial charge in [0.05, 0.1) is 0 Å². The van der Waals surface area contributed by atoms with Gasteiger partial charge in [-0.15, -0.1) is 0 Å². The molecule has 0 bridgehead atoms. The monoisotopic (exact) mass is 294 g/mol. The van der Waals surface area contributed by atoms with Gasteiger partial charge < -0.3 is 9.88 Å². The fraction of sp³-hybridized carbons (Fsp3) is 0.429. The largest absolute Gasteiger partial charge is 0.341 e. The van der Waals surface area contributed by atoms with Crippen LogP contribution in [0.25, 0.3) is 10.9 Å². The summed E-state index contributed by atoms with van der Waals surface area (Å²) in [5, 5.41) is 4.72. The molecule has 0 fully saturated rings. The lowest BCUT2D eigenvalue weighted by atomic mass is 10.2. The summed E-state index contributed by atoms with van der Waals surface area (Å²) in [5.41, 5.74) is 2.66. The summed E-state index contributed by atoms with van der Waals surface area (Å²) >= 11 is 3.55. The Morgan fingerprint density at radius 3 is 2.71 bits per heavy atom. The zero-order valence-corrected chi connectivity index (χ0v) is 12.2. The van der Waals surface area contributed by atoms with Crippen molar-refractivity contribution in [1.82, 2.24) is 9.88 Å². The van der Waals surface area contributed by atoms with E-state index in [9.17, 15) is 0 Å². The number of hydrogen-bond donors (Lipinski definition) is 1. The molecule has 1 aromatic carbocycles. The lowest BCUT2D eigenvalue weighted by molar-refractivity contribution is 0.572. The minimum Gasteiger partial charge on any atom is -0.341 e. The van der Waals surface area contributed by atoms with E-state index in [1.54, 1.807) is 0 Å². The average Bonchev–Trinajstić information content (AvgIpc) is 2.63. The molecule has 0 spiro atoms. The number of aromatic nitrogens is 1. The van der Waals surface area contributed by atoms with Crippen LogP contribution in [0.3, 0.4) is 0 Å². The van der Waals surface area contributed by atoms with Crippen LogP contribution in [0.4, 0.5) is 0 Å². The van der Waals surface area contributed by atoms with Crippen molar-refractivity contribution >= 4 is 26.8 Å². The number of rotatable bonds is 4. The highest BCUT2D eigenvalue weighted by atomic mass is 79.9. The van der Waals surface area contributed by atoms with E-state index in [1.807, 2.05) is 0 Å². The van der Waals surface area contributed by atoms with Crippen molar-refractivity contribution < 1.29 is 0 Å². The predicted octanol–water partition coefficient (Wildman–Crippen LogP) is 4.09. The van der Waals surface area contributed by atoms with E-state index in [-0.39, 0.29) is 0 Å². The van der Waals surface area contributed by atoms with Gasteiger partial charge in [0.2, 0.25) is 0 Å². The topological polar surface area (TPSA) is 17.0 Å². The van der Waals surface area contributed by atoms with Crippen molar-refractivity contribution in [3.63, 3.8) is 0 Å². The van der Waals surface area contributed by atoms with Crippen LogP contribution in [0.15, 0.2) is 28.7 Å². The van der Waals surface area contributed by atoms with Crippen LogP contribution in [0.1, 0.15) is 32.5 Å². The van der Waals surface area contributed by atoms with Crippen molar-refractivity contribution in [2.24, 2.45) is 0 Å². The van der Waals surface area contributed by atoms with E-state index in [2.05, 4.69) is 70.9 Å². The smallest absolute Gasteiger partial charge is 0.0496 e. The van der Waals surface area contributed by atoms with E-state index >= 15 is 0 Å². The normalized spacial score (nSPS) is 11.6. The molecule has 0 unspecified atom stereocenters. The Morgan fingerprint density at radius 2 is 2.06 bits per heavy atom. The highest BCUT2D eigenvalue weighted by Crippen LogP contribution is 2.26. The molecule has 0 aliphatic rings. The number of benzene rings is 1. The van der Waals surface area contributed by atoms with Crippen molar-refractivity contribution in [3.8, 4) is 0 Å². The zero-order valence-electron chi connectivity index (χ0n) is 10.6. The highest BCUT2D eigenvalue weighted by Gasteiger charge is 2.11. The van der Waals surface area contributed by atoms with E-state index < -0.39 is 0 Å². The molecular weight excluding hydrogens is 276 g/mol. The minimum atomic E-state index is 0.482. The van der Waals surface area contributed by atoms with Crippen molar-refractivity contribution in [3.05, 3.63) is 34.4 Å². The molecule has 1 heterocycles. The molecule has 17 heavy (non-hydrogen) atoms. The van der Waals surface area contributed by atoms with Crippen LogP contribution < -0.4 is 5.32 Å². The van der Waals surface area contributed by atoms with Crippen LogP contribution in [0.2, 0.25) is 0 Å². The van der Waals surface area contributed by atoms with Gasteiger partial charge in [0.1, 0.15) is 0 Å². The molecule has 0 amide bonds. The summed E-state index contributed by atoms with van der Waals surface area (Å²) in [7, 11) is 0. The quantitative estimate of drug-likeness (QED) is 0.898. The second-order valence-corrected chi connectivity index (χ2v) is 5.50. The molecule has 2 aromatic rings. The first-order valence-corrected chi connectivity index (χ1v) is 6.93. The van der Waals surface area contributed by atoms with Crippen LogP contribution in [0.5, 0.6) is 0 Å². The van der Waals surface area contributed by atoms with Gasteiger partial charge in [0, 0.05) is 28.3 Å². The second kappa shape index (κ2) is 5.23. The lowest BCUT2D eigenvalue weighted by Gasteiger charge is -2.15. The first kappa shape index (κ1) is 12.7. The molecule has 1 N–H and O–H groups in total. The molecule has 2 nitrogen and oxygen atoms in total. The maximum atomic E-state index is 3.55. The zero-order chi connectivity index (χ0) is 12.4. The molecular formula is C14H19BrN2. The molecule has 0 atom stereocenters. The Labute approximate surface area is 111 Å². The van der Waals surface area contributed by atoms with Crippen LogP contribution in [0, 0.1) is 0 Å². The molecule has 0 radical (unpaired) electrons. The van der Waals surface area contributed by atoms with Gasteiger partial charge >= 0.3 is 0 Å². The predicted molar refractivity (Wildman–Crippen MR) is 77.4 cm³/mol. The molecule has 0 aliphatic heterocycles. The van der Waals surface area contributed by atoms with Crippen molar-refractivity contribution in [2.45, 2.75) is 33.4 Å². The average molecular weight is 295 g/mol. The van der Waals surface area contributed by atoms with Gasteiger partial charge in [0.25, 0.3) is 0 Å². The van der Waals surface area contributed by atoms with Gasteiger partial charge in [-0.25, -0.2) is 0 Å². The number of halogens is 1. The van der Waals surface area contributed by atoms with E-state index in [0.717, 1.165) is 17.6 Å². The molecule has 0 aliphatic carbocycles. The van der Waals surface area contributed by atoms with Crippen molar-refractivity contribution in [2.75, 3.05) is 6.54 Å². The Balaban J connectivity index is 2.54. The fourth-order valence-corrected chi connectivity index (χ4v) is 2.60. The number of fused-ring (bicyclic) bond motifs is 1. The molecule has 3 heteroatoms. The van der Waals surface area contributed by atoms with Gasteiger partial charge in [-0.3, -0.25) is 0 Å².